The smallest absolute Gasteiger partial charge is 0.778 e. The summed E-state index contributed by atoms with van der Waals surface area (Å²) in [6.45, 7) is 2.92. The molecule has 14 heteroatoms. The number of carboxylic acid groups (broad SMARTS) is 2. The molecule has 0 heterocycles. The molecular weight excluding hydrogens is 364 g/mol. The molecule has 120 valence electrons. The molecule has 0 rings (SSSR count). The van der Waals surface area contributed by atoms with E-state index in [9.17, 15) is 28.5 Å². The van der Waals surface area contributed by atoms with Gasteiger partial charge in [0.1, 0.15) is 27.5 Å². The molecule has 0 radical (unpaired) electrons. The number of aliphatic carboxylic acids is 2. The minimum Gasteiger partial charge on any atom is -0.778 e. The molecule has 0 amide bonds. The molecule has 0 aromatic rings. The van der Waals surface area contributed by atoms with E-state index in [-0.39, 0.29) is 72.3 Å². The second-order valence-electron chi connectivity index (χ2n) is 3.16. The maximum absolute atomic E-state index is 10.5. The molecular formula is C8H16Na2O10P2. The Balaban J connectivity index is -0.000000135. The summed E-state index contributed by atoms with van der Waals surface area (Å²) in [6.07, 6.45) is -1.89. The molecule has 0 aliphatic rings. The van der Waals surface area contributed by atoms with Crippen molar-refractivity contribution >= 4 is 27.1 Å². The molecule has 0 saturated heterocycles. The molecule has 0 aromatic heterocycles. The Kier molecular flexibility index (Phi) is 22.2. The summed E-state index contributed by atoms with van der Waals surface area (Å²) in [5, 5.41) is 16.0. The summed E-state index contributed by atoms with van der Waals surface area (Å²) in [4.78, 5) is 40.6. The SMILES string of the molecule is CCOP(=O)([O-])CC(=O)O.CCOP(=O)([O-])CC(=O)O.[Na+].[Na+]. The molecule has 0 aliphatic carbocycles. The number of carbonyl (C=O) groups is 2. The quantitative estimate of drug-likeness (QED) is 0.304. The van der Waals surface area contributed by atoms with Crippen LogP contribution in [0.1, 0.15) is 13.8 Å². The van der Waals surface area contributed by atoms with Crippen LogP contribution in [0.5, 0.6) is 0 Å². The van der Waals surface area contributed by atoms with Gasteiger partial charge in [0.05, 0.1) is 13.2 Å². The minimum absolute atomic E-state index is 0. The Bertz CT molecular complexity index is 378. The van der Waals surface area contributed by atoms with Gasteiger partial charge in [-0.15, -0.1) is 0 Å². The molecule has 22 heavy (non-hydrogen) atoms. The standard InChI is InChI=1S/2C4H9O5P.2Na/c2*1-2-9-10(7,8)3-4(5)6;;/h2*2-3H2,1H3,(H,5,6)(H,7,8);;/q;;2*+1/p-2. The molecule has 10 nitrogen and oxygen atoms in total. The van der Waals surface area contributed by atoms with Gasteiger partial charge in [-0.2, -0.15) is 0 Å². The van der Waals surface area contributed by atoms with Gasteiger partial charge < -0.3 is 38.2 Å². The Morgan fingerprint density at radius 2 is 1.09 bits per heavy atom. The van der Waals surface area contributed by atoms with E-state index >= 15 is 0 Å². The van der Waals surface area contributed by atoms with Crippen LogP contribution in [0.3, 0.4) is 0 Å². The van der Waals surface area contributed by atoms with Crippen LogP contribution in [-0.4, -0.2) is 47.7 Å². The minimum atomic E-state index is -4.10. The fourth-order valence-corrected chi connectivity index (χ4v) is 2.45. The maximum atomic E-state index is 10.5. The topological polar surface area (TPSA) is 173 Å². The number of hydrogen-bond donors (Lipinski definition) is 2. The first-order valence-corrected chi connectivity index (χ1v) is 8.74. The summed E-state index contributed by atoms with van der Waals surface area (Å²) >= 11 is 0. The van der Waals surface area contributed by atoms with Crippen molar-refractivity contribution < 1.29 is 107 Å². The van der Waals surface area contributed by atoms with Gasteiger partial charge in [0.2, 0.25) is 0 Å². The average molecular weight is 380 g/mol. The Labute approximate surface area is 172 Å². The summed E-state index contributed by atoms with van der Waals surface area (Å²) < 4.78 is 29.2. The van der Waals surface area contributed by atoms with Crippen molar-refractivity contribution in [3.05, 3.63) is 0 Å². The maximum Gasteiger partial charge on any atom is 1.00 e. The van der Waals surface area contributed by atoms with Gasteiger partial charge in [-0.05, 0) is 13.8 Å². The van der Waals surface area contributed by atoms with Crippen LogP contribution in [0, 0.1) is 0 Å². The molecule has 0 fully saturated rings. The van der Waals surface area contributed by atoms with Gasteiger partial charge >= 0.3 is 71.1 Å². The zero-order valence-electron chi connectivity index (χ0n) is 12.9. The van der Waals surface area contributed by atoms with Crippen LogP contribution in [0.15, 0.2) is 0 Å². The molecule has 2 N–H and O–H groups in total. The molecule has 0 aliphatic heterocycles. The van der Waals surface area contributed by atoms with Gasteiger partial charge in [0, 0.05) is 0 Å². The Morgan fingerprint density at radius 3 is 1.23 bits per heavy atom. The molecule has 0 saturated carbocycles. The van der Waals surface area contributed by atoms with Crippen LogP contribution in [0.2, 0.25) is 0 Å². The van der Waals surface area contributed by atoms with E-state index in [1.54, 1.807) is 0 Å². The van der Waals surface area contributed by atoms with Crippen molar-refractivity contribution in [1.29, 1.82) is 0 Å². The second-order valence-corrected chi connectivity index (χ2v) is 6.75. The summed E-state index contributed by atoms with van der Waals surface area (Å²) in [5.41, 5.74) is 0. The predicted octanol–water partition coefficient (Wildman–Crippen LogP) is -6.67. The van der Waals surface area contributed by atoms with Crippen LogP contribution >= 0.6 is 15.2 Å². The summed E-state index contributed by atoms with van der Waals surface area (Å²) in [5.74, 6) is -2.79. The first-order chi connectivity index (χ1) is 8.95. The largest absolute Gasteiger partial charge is 1.00 e. The normalized spacial score (nSPS) is 14.7. The van der Waals surface area contributed by atoms with E-state index in [2.05, 4.69) is 9.05 Å². The van der Waals surface area contributed by atoms with Crippen LogP contribution in [0.4, 0.5) is 0 Å². The van der Waals surface area contributed by atoms with Crippen molar-refractivity contribution in [3.8, 4) is 0 Å². The van der Waals surface area contributed by atoms with E-state index in [1.807, 2.05) is 0 Å². The third-order valence-electron chi connectivity index (χ3n) is 1.31. The fraction of sp³-hybridized carbons (Fsp3) is 0.750. The van der Waals surface area contributed by atoms with E-state index in [4.69, 9.17) is 10.2 Å². The zero-order valence-corrected chi connectivity index (χ0v) is 18.7. The molecule has 2 unspecified atom stereocenters. The first-order valence-electron chi connectivity index (χ1n) is 5.28. The van der Waals surface area contributed by atoms with E-state index in [1.165, 1.54) is 13.8 Å². The van der Waals surface area contributed by atoms with E-state index in [0.717, 1.165) is 0 Å². The third-order valence-corrected chi connectivity index (χ3v) is 3.93. The van der Waals surface area contributed by atoms with Crippen molar-refractivity contribution in [3.63, 3.8) is 0 Å². The van der Waals surface area contributed by atoms with Crippen molar-refractivity contribution in [2.24, 2.45) is 0 Å². The number of rotatable bonds is 8. The van der Waals surface area contributed by atoms with Gasteiger partial charge in [-0.3, -0.25) is 9.59 Å². The van der Waals surface area contributed by atoms with Crippen LogP contribution in [0.25, 0.3) is 0 Å². The van der Waals surface area contributed by atoms with Gasteiger partial charge in [-0.1, -0.05) is 0 Å². The Hall–Kier alpha value is 1.24. The monoisotopic (exact) mass is 380 g/mol. The predicted molar refractivity (Wildman–Crippen MR) is 63.5 cm³/mol. The number of hydrogen-bond acceptors (Lipinski definition) is 8. The van der Waals surface area contributed by atoms with E-state index in [0.29, 0.717) is 0 Å². The zero-order chi connectivity index (χ0) is 16.4. The van der Waals surface area contributed by atoms with Crippen molar-refractivity contribution in [1.82, 2.24) is 0 Å². The average Bonchev–Trinajstić information content (AvgIpc) is 2.12. The first kappa shape index (κ1) is 31.1. The third kappa shape index (κ3) is 23.5. The fourth-order valence-electron chi connectivity index (χ4n) is 0.816. The van der Waals surface area contributed by atoms with Crippen molar-refractivity contribution in [2.75, 3.05) is 25.5 Å². The molecule has 2 atom stereocenters. The van der Waals surface area contributed by atoms with Crippen molar-refractivity contribution in [2.45, 2.75) is 13.8 Å². The van der Waals surface area contributed by atoms with Gasteiger partial charge in [0.15, 0.2) is 0 Å². The summed E-state index contributed by atoms with van der Waals surface area (Å²) in [6, 6.07) is 0. The number of carboxylic acids is 2. The summed E-state index contributed by atoms with van der Waals surface area (Å²) in [7, 11) is -8.20. The molecule has 0 bridgehead atoms. The molecule has 0 aromatic carbocycles. The van der Waals surface area contributed by atoms with Gasteiger partial charge in [0.25, 0.3) is 0 Å². The van der Waals surface area contributed by atoms with Crippen LogP contribution in [-0.2, 0) is 27.8 Å². The Morgan fingerprint density at radius 1 is 0.864 bits per heavy atom. The van der Waals surface area contributed by atoms with Crippen LogP contribution < -0.4 is 68.9 Å². The van der Waals surface area contributed by atoms with E-state index < -0.39 is 39.5 Å². The second kappa shape index (κ2) is 15.7. The van der Waals surface area contributed by atoms with Gasteiger partial charge in [-0.25, -0.2) is 0 Å². The molecule has 0 spiro atoms.